The minimum Gasteiger partial charge on any atom is -0.400 e. The standard InChI is InChI=1S/C23H26.CH4O/c1-22(2)15-16-23(3,4)21-17-19(13-14-20(21)22)12-8-11-18-9-6-5-7-10-18;1-2/h5-7,9-10,13-14,17H,12,15-16H2,1-4H3;2H,1H3. The van der Waals surface area contributed by atoms with Crippen LogP contribution in [0.1, 0.15) is 62.8 Å². The van der Waals surface area contributed by atoms with Crippen molar-refractivity contribution in [1.29, 1.82) is 0 Å². The van der Waals surface area contributed by atoms with Crippen molar-refractivity contribution in [1.82, 2.24) is 0 Å². The summed E-state index contributed by atoms with van der Waals surface area (Å²) in [6.45, 7) is 9.49. The van der Waals surface area contributed by atoms with Gasteiger partial charge in [0, 0.05) is 19.1 Å². The molecule has 0 radical (unpaired) electrons. The first-order valence-corrected chi connectivity index (χ1v) is 9.01. The summed E-state index contributed by atoms with van der Waals surface area (Å²) < 4.78 is 0. The van der Waals surface area contributed by atoms with Crippen molar-refractivity contribution in [2.24, 2.45) is 0 Å². The topological polar surface area (TPSA) is 20.2 Å². The monoisotopic (exact) mass is 334 g/mol. The van der Waals surface area contributed by atoms with Gasteiger partial charge in [0.2, 0.25) is 0 Å². The van der Waals surface area contributed by atoms with Crippen LogP contribution in [-0.2, 0) is 17.3 Å². The van der Waals surface area contributed by atoms with Gasteiger partial charge in [-0.15, -0.1) is 0 Å². The SMILES string of the molecule is CC1(C)CCC(C)(C)c2cc(CC#Cc3ccccc3)ccc21.CO. The molecule has 2 aromatic carbocycles. The molecule has 0 unspecified atom stereocenters. The van der Waals surface area contributed by atoms with Crippen LogP contribution in [0.5, 0.6) is 0 Å². The molecule has 132 valence electrons. The number of aliphatic hydroxyl groups is 1. The van der Waals surface area contributed by atoms with Crippen LogP contribution in [0.25, 0.3) is 0 Å². The number of aliphatic hydroxyl groups excluding tert-OH is 1. The molecule has 0 bridgehead atoms. The molecule has 1 aliphatic rings. The van der Waals surface area contributed by atoms with E-state index in [0.29, 0.717) is 5.41 Å². The molecular formula is C24H30O. The Hall–Kier alpha value is -2.04. The lowest BCUT2D eigenvalue weighted by molar-refractivity contribution is 0.331. The van der Waals surface area contributed by atoms with Crippen LogP contribution in [0.2, 0.25) is 0 Å². The predicted octanol–water partition coefficient (Wildman–Crippen LogP) is 5.24. The fourth-order valence-electron chi connectivity index (χ4n) is 3.52. The Balaban J connectivity index is 0.00000109. The van der Waals surface area contributed by atoms with Crippen LogP contribution < -0.4 is 0 Å². The summed E-state index contributed by atoms with van der Waals surface area (Å²) in [5, 5.41) is 7.00. The molecule has 0 spiro atoms. The van der Waals surface area contributed by atoms with E-state index in [-0.39, 0.29) is 5.41 Å². The maximum atomic E-state index is 7.00. The van der Waals surface area contributed by atoms with E-state index in [4.69, 9.17) is 5.11 Å². The third-order valence-electron chi connectivity index (χ3n) is 5.22. The van der Waals surface area contributed by atoms with Gasteiger partial charge in [0.05, 0.1) is 0 Å². The average Bonchev–Trinajstić information content (AvgIpc) is 2.62. The van der Waals surface area contributed by atoms with E-state index in [1.54, 1.807) is 0 Å². The summed E-state index contributed by atoms with van der Waals surface area (Å²) in [4.78, 5) is 0. The molecule has 3 rings (SSSR count). The normalized spacial score (nSPS) is 16.6. The first kappa shape index (κ1) is 19.3. The summed E-state index contributed by atoms with van der Waals surface area (Å²) in [5.74, 6) is 6.58. The lowest BCUT2D eigenvalue weighted by Gasteiger charge is -2.42. The maximum Gasteiger partial charge on any atom is 0.0344 e. The molecule has 0 fully saturated rings. The number of rotatable bonds is 1. The first-order chi connectivity index (χ1) is 11.9. The zero-order valence-corrected chi connectivity index (χ0v) is 16.2. The van der Waals surface area contributed by atoms with E-state index in [1.807, 2.05) is 18.2 Å². The lowest BCUT2D eigenvalue weighted by atomic mass is 9.63. The van der Waals surface area contributed by atoms with Crippen LogP contribution in [0.3, 0.4) is 0 Å². The van der Waals surface area contributed by atoms with E-state index in [2.05, 4.69) is 69.9 Å². The first-order valence-electron chi connectivity index (χ1n) is 9.01. The van der Waals surface area contributed by atoms with Gasteiger partial charge in [0.1, 0.15) is 0 Å². The largest absolute Gasteiger partial charge is 0.400 e. The zero-order valence-electron chi connectivity index (χ0n) is 16.2. The van der Waals surface area contributed by atoms with Gasteiger partial charge in [-0.2, -0.15) is 0 Å². The van der Waals surface area contributed by atoms with E-state index >= 15 is 0 Å². The van der Waals surface area contributed by atoms with Gasteiger partial charge in [0.15, 0.2) is 0 Å². The van der Waals surface area contributed by atoms with Gasteiger partial charge in [0.25, 0.3) is 0 Å². The van der Waals surface area contributed by atoms with Crippen LogP contribution in [0, 0.1) is 11.8 Å². The second-order valence-corrected chi connectivity index (χ2v) is 7.99. The van der Waals surface area contributed by atoms with E-state index in [0.717, 1.165) is 19.1 Å². The summed E-state index contributed by atoms with van der Waals surface area (Å²) in [7, 11) is 1.00. The Morgan fingerprint density at radius 3 is 2.08 bits per heavy atom. The number of hydrogen-bond acceptors (Lipinski definition) is 1. The van der Waals surface area contributed by atoms with Crippen molar-refractivity contribution in [3.8, 4) is 11.8 Å². The highest BCUT2D eigenvalue weighted by Crippen LogP contribution is 2.45. The van der Waals surface area contributed by atoms with Gasteiger partial charge in [-0.3, -0.25) is 0 Å². The molecule has 0 aliphatic heterocycles. The van der Waals surface area contributed by atoms with Gasteiger partial charge >= 0.3 is 0 Å². The maximum absolute atomic E-state index is 7.00. The summed E-state index contributed by atoms with van der Waals surface area (Å²) >= 11 is 0. The zero-order chi connectivity index (χ0) is 18.5. The Bertz CT molecular complexity index is 758. The second kappa shape index (κ2) is 7.89. The highest BCUT2D eigenvalue weighted by Gasteiger charge is 2.36. The fraction of sp³-hybridized carbons (Fsp3) is 0.417. The number of hydrogen-bond donors (Lipinski definition) is 1. The van der Waals surface area contributed by atoms with E-state index < -0.39 is 0 Å². The average molecular weight is 335 g/mol. The molecular weight excluding hydrogens is 304 g/mol. The molecule has 0 aromatic heterocycles. The van der Waals surface area contributed by atoms with Crippen LogP contribution >= 0.6 is 0 Å². The lowest BCUT2D eigenvalue weighted by Crippen LogP contribution is -2.33. The molecule has 0 heterocycles. The van der Waals surface area contributed by atoms with Gasteiger partial charge in [-0.25, -0.2) is 0 Å². The van der Waals surface area contributed by atoms with Crippen molar-refractivity contribution < 1.29 is 5.11 Å². The number of fused-ring (bicyclic) bond motifs is 1. The Morgan fingerprint density at radius 2 is 1.44 bits per heavy atom. The van der Waals surface area contributed by atoms with Crippen molar-refractivity contribution in [3.63, 3.8) is 0 Å². The highest BCUT2D eigenvalue weighted by molar-refractivity contribution is 5.44. The van der Waals surface area contributed by atoms with Crippen LogP contribution in [0.4, 0.5) is 0 Å². The molecule has 25 heavy (non-hydrogen) atoms. The molecule has 0 atom stereocenters. The molecule has 0 saturated heterocycles. The Labute approximate surface area is 153 Å². The molecule has 1 nitrogen and oxygen atoms in total. The summed E-state index contributed by atoms with van der Waals surface area (Å²) in [5.41, 5.74) is 6.03. The van der Waals surface area contributed by atoms with Crippen LogP contribution in [0.15, 0.2) is 48.5 Å². The molecule has 1 N–H and O–H groups in total. The quantitative estimate of drug-likeness (QED) is 0.707. The van der Waals surface area contributed by atoms with Crippen molar-refractivity contribution >= 4 is 0 Å². The van der Waals surface area contributed by atoms with Gasteiger partial charge in [-0.1, -0.05) is 75.9 Å². The predicted molar refractivity (Wildman–Crippen MR) is 107 cm³/mol. The second-order valence-electron chi connectivity index (χ2n) is 7.99. The third kappa shape index (κ3) is 4.53. The molecule has 1 heteroatoms. The minimum absolute atomic E-state index is 0.272. The Kier molecular flexibility index (Phi) is 6.09. The van der Waals surface area contributed by atoms with Crippen molar-refractivity contribution in [3.05, 3.63) is 70.8 Å². The molecule has 0 amide bonds. The summed E-state index contributed by atoms with van der Waals surface area (Å²) in [6.07, 6.45) is 3.34. The molecule has 2 aromatic rings. The van der Waals surface area contributed by atoms with Crippen LogP contribution in [-0.4, -0.2) is 12.2 Å². The third-order valence-corrected chi connectivity index (χ3v) is 5.22. The van der Waals surface area contributed by atoms with Crippen molar-refractivity contribution in [2.75, 3.05) is 7.11 Å². The van der Waals surface area contributed by atoms with Crippen molar-refractivity contribution in [2.45, 2.75) is 57.8 Å². The van der Waals surface area contributed by atoms with Gasteiger partial charge in [-0.05, 0) is 52.5 Å². The van der Waals surface area contributed by atoms with E-state index in [1.165, 1.54) is 29.5 Å². The molecule has 0 saturated carbocycles. The highest BCUT2D eigenvalue weighted by atomic mass is 16.2. The number of benzene rings is 2. The smallest absolute Gasteiger partial charge is 0.0344 e. The molecule has 1 aliphatic carbocycles. The van der Waals surface area contributed by atoms with Gasteiger partial charge < -0.3 is 5.11 Å². The fourth-order valence-corrected chi connectivity index (χ4v) is 3.52. The summed E-state index contributed by atoms with van der Waals surface area (Å²) in [6, 6.07) is 17.2. The van der Waals surface area contributed by atoms with E-state index in [9.17, 15) is 0 Å². The Morgan fingerprint density at radius 1 is 0.840 bits per heavy atom. The minimum atomic E-state index is 0.272.